The molecule has 0 spiro atoms. The first-order chi connectivity index (χ1) is 60.7. The fourth-order valence-corrected chi connectivity index (χ4v) is 35.1. The molecule has 0 radical (unpaired) electrons. The molecule has 13 nitrogen and oxygen atoms in total. The molecule has 0 heterocycles. The Balaban J connectivity index is 0.000000156. The van der Waals surface area contributed by atoms with Crippen LogP contribution in [0.15, 0.2) is 60.8 Å². The van der Waals surface area contributed by atoms with Crippen molar-refractivity contribution in [2.24, 2.45) is 202 Å². The van der Waals surface area contributed by atoms with E-state index >= 15 is 0 Å². The Morgan fingerprint density at radius 3 is 0.791 bits per heavy atom. The lowest BCUT2D eigenvalue weighted by Gasteiger charge is -2.57. The molecule has 15 saturated carbocycles. The minimum Gasteiger partial charge on any atom is -0.466 e. The molecule has 0 aliphatic heterocycles. The van der Waals surface area contributed by atoms with Crippen molar-refractivity contribution in [1.29, 1.82) is 0 Å². The van der Waals surface area contributed by atoms with E-state index in [1.165, 1.54) is 253 Å². The summed E-state index contributed by atoms with van der Waals surface area (Å²) in [5.74, 6) is 15.5. The maximum atomic E-state index is 11.5. The van der Waals surface area contributed by atoms with Crippen LogP contribution in [0, 0.1) is 196 Å². The highest BCUT2D eigenvalue weighted by atomic mass is 16.5. The van der Waals surface area contributed by atoms with Crippen molar-refractivity contribution in [3.63, 3.8) is 0 Å². The van der Waals surface area contributed by atoms with Crippen LogP contribution in [0.5, 0.6) is 0 Å². The molecule has 15 aliphatic carbocycles. The first-order valence-corrected chi connectivity index (χ1v) is 54.0. The van der Waals surface area contributed by atoms with Gasteiger partial charge in [0, 0.05) is 34.3 Å². The van der Waals surface area contributed by atoms with Gasteiger partial charge in [-0.1, -0.05) is 210 Å². The van der Waals surface area contributed by atoms with Gasteiger partial charge >= 0.3 is 23.9 Å². The van der Waals surface area contributed by atoms with Gasteiger partial charge < -0.3 is 45.5 Å². The number of carbonyl (C=O) groups is 4. The number of hydrogen-bond acceptors (Lipinski definition) is 13. The number of fused-ring (bicyclic) bond motifs is 5. The van der Waals surface area contributed by atoms with Crippen molar-refractivity contribution in [2.75, 3.05) is 66.8 Å². The molecule has 0 aromatic rings. The molecule has 0 bridgehead atoms. The number of ether oxygens (including phenoxy) is 4. The molecule has 736 valence electrons. The molecular formula is C116H197N3O10. The lowest BCUT2D eigenvalue weighted by molar-refractivity contribution is -0.149. The summed E-state index contributed by atoms with van der Waals surface area (Å²) >= 11 is 0. The van der Waals surface area contributed by atoms with E-state index in [2.05, 4.69) is 168 Å². The number of hydrogen-bond donors (Lipinski definition) is 5. The van der Waals surface area contributed by atoms with Crippen LogP contribution in [-0.4, -0.2) is 107 Å². The van der Waals surface area contributed by atoms with Gasteiger partial charge in [-0.3, -0.25) is 19.2 Å². The van der Waals surface area contributed by atoms with Crippen molar-refractivity contribution in [3.8, 4) is 0 Å². The van der Waals surface area contributed by atoms with Gasteiger partial charge in [0.15, 0.2) is 0 Å². The zero-order chi connectivity index (χ0) is 94.7. The summed E-state index contributed by atoms with van der Waals surface area (Å²) in [5.41, 5.74) is 16.8. The third-order valence-corrected chi connectivity index (χ3v) is 44.1. The summed E-state index contributed by atoms with van der Waals surface area (Å²) in [7, 11) is 4.18. The SMILES string of the molecule is C=C1CCC2[C@H](CC)C([C@@]3(C)CC[C@H](C)C[C@@H]3COC(C)=O)CC[C@]12C.C=C1CCC2[C@H](CC)C([C@@]3(C)CC[C@H](C)C[C@@H]3COC(C)=O)CC[C@]12C.C=C1CCC2[C@H](CN)C([C@@]3(C)CC[C@H](C)C[C@@H]3COC(C)=O)CC[C@]12C.C=C1CCC2[C@H](CNC)C([C@@]3(C)CC[C@H](C)C[C@@H]3COC(C)=O)CC[C@]12C.C=C1CCC2[C@H](CNC)C([C@@]3(C)CC[C@H](O)C[C@@H]3CO)CC[C@]12C. The number of aliphatic hydroxyl groups is 2. The van der Waals surface area contributed by atoms with E-state index in [4.69, 9.17) is 24.7 Å². The lowest BCUT2D eigenvalue weighted by Crippen LogP contribution is -2.53. The van der Waals surface area contributed by atoms with E-state index < -0.39 is 0 Å². The normalized spacial score (nSPS) is 46.4. The zero-order valence-electron chi connectivity index (χ0n) is 87.0. The first-order valence-electron chi connectivity index (χ1n) is 54.0. The van der Waals surface area contributed by atoms with Crippen LogP contribution in [0.1, 0.15) is 376 Å². The maximum absolute atomic E-state index is 11.5. The Hall–Kier alpha value is -3.62. The number of allylic oxidation sites excluding steroid dienone is 5. The van der Waals surface area contributed by atoms with Crippen LogP contribution >= 0.6 is 0 Å². The quantitative estimate of drug-likeness (QED) is 0.0414. The Morgan fingerprint density at radius 2 is 0.558 bits per heavy atom. The van der Waals surface area contributed by atoms with Gasteiger partial charge in [-0.15, -0.1) is 0 Å². The summed E-state index contributed by atoms with van der Waals surface area (Å²) in [5, 5.41) is 27.1. The second kappa shape index (κ2) is 43.2. The predicted octanol–water partition coefficient (Wildman–Crippen LogP) is 26.3. The van der Waals surface area contributed by atoms with E-state index in [0.29, 0.717) is 129 Å². The third-order valence-electron chi connectivity index (χ3n) is 44.1. The molecule has 15 rings (SSSR count). The maximum Gasteiger partial charge on any atom is 0.302 e. The number of rotatable bonds is 21. The van der Waals surface area contributed by atoms with Gasteiger partial charge in [0.05, 0.1) is 32.5 Å². The highest BCUT2D eigenvalue weighted by Gasteiger charge is 2.63. The molecule has 0 amide bonds. The van der Waals surface area contributed by atoms with Crippen molar-refractivity contribution < 1.29 is 48.3 Å². The summed E-state index contributed by atoms with van der Waals surface area (Å²) in [6.07, 6.45) is 45.6. The fraction of sp³-hybridized carbons (Fsp3) is 0.879. The molecule has 0 aromatic carbocycles. The van der Waals surface area contributed by atoms with E-state index in [-0.39, 0.29) is 58.8 Å². The Morgan fingerprint density at radius 1 is 0.333 bits per heavy atom. The molecular weight excluding hydrogens is 1600 g/mol. The van der Waals surface area contributed by atoms with Gasteiger partial charge in [-0.25, -0.2) is 0 Å². The average Bonchev–Trinajstić information content (AvgIpc) is 1.69. The fourth-order valence-electron chi connectivity index (χ4n) is 35.1. The van der Waals surface area contributed by atoms with Crippen molar-refractivity contribution in [2.45, 2.75) is 382 Å². The third kappa shape index (κ3) is 21.4. The summed E-state index contributed by atoms with van der Waals surface area (Å²) in [4.78, 5) is 45.9. The lowest BCUT2D eigenvalue weighted by atomic mass is 9.48. The van der Waals surface area contributed by atoms with E-state index in [0.717, 1.165) is 110 Å². The zero-order valence-corrected chi connectivity index (χ0v) is 87.0. The molecule has 35 atom stereocenters. The van der Waals surface area contributed by atoms with Gasteiger partial charge in [0.1, 0.15) is 0 Å². The van der Waals surface area contributed by atoms with Crippen LogP contribution in [0.4, 0.5) is 0 Å². The molecule has 129 heavy (non-hydrogen) atoms. The average molecular weight is 1790 g/mol. The monoisotopic (exact) mass is 1790 g/mol. The molecule has 0 aromatic heterocycles. The predicted molar refractivity (Wildman–Crippen MR) is 532 cm³/mol. The molecule has 0 saturated heterocycles. The Kier molecular flexibility index (Phi) is 35.4. The molecule has 6 N–H and O–H groups in total. The number of nitrogens with two attached hydrogens (primary N) is 1. The highest BCUT2D eigenvalue weighted by molar-refractivity contribution is 5.67. The van der Waals surface area contributed by atoms with E-state index in [1.54, 1.807) is 20.8 Å². The van der Waals surface area contributed by atoms with Crippen molar-refractivity contribution in [3.05, 3.63) is 60.8 Å². The van der Waals surface area contributed by atoms with E-state index in [9.17, 15) is 29.4 Å². The number of aliphatic hydroxyl groups excluding tert-OH is 2. The topological polar surface area (TPSA) is 196 Å². The van der Waals surface area contributed by atoms with E-state index in [1.807, 2.05) is 0 Å². The number of nitrogens with one attached hydrogen (secondary N) is 2. The van der Waals surface area contributed by atoms with Crippen molar-refractivity contribution in [1.82, 2.24) is 10.6 Å². The minimum absolute atomic E-state index is 0.124. The smallest absolute Gasteiger partial charge is 0.302 e. The van der Waals surface area contributed by atoms with Gasteiger partial charge in [-0.05, 0) is 429 Å². The molecule has 13 heteroatoms. The summed E-state index contributed by atoms with van der Waals surface area (Å²) < 4.78 is 22.2. The Labute approximate surface area is 789 Å². The van der Waals surface area contributed by atoms with Gasteiger partial charge in [0.2, 0.25) is 0 Å². The summed E-state index contributed by atoms with van der Waals surface area (Å²) in [6.45, 7) is 73.0. The van der Waals surface area contributed by atoms with Crippen LogP contribution < -0.4 is 16.4 Å². The van der Waals surface area contributed by atoms with Crippen molar-refractivity contribution >= 4 is 23.9 Å². The molecule has 15 fully saturated rings. The largest absolute Gasteiger partial charge is 0.466 e. The first kappa shape index (κ1) is 106. The number of esters is 4. The van der Waals surface area contributed by atoms with Crippen LogP contribution in [0.2, 0.25) is 0 Å². The number of carbonyl (C=O) groups excluding carboxylic acids is 4. The Bertz CT molecular complexity index is 3600. The van der Waals surface area contributed by atoms with Crippen LogP contribution in [-0.2, 0) is 38.1 Å². The van der Waals surface area contributed by atoms with Crippen LogP contribution in [0.25, 0.3) is 0 Å². The standard InChI is InChI=1S/C24H41NO2.2C24H40O2.C23H39NO2.C21H37NO2/c1-16-9-11-24(5,19(13-16)15-27-18(3)26)22-10-12-23(4)17(2)7-8-21(23)20(22)14-25-6;2*1-7-20-21-9-8-17(3)23(21,5)13-11-22(20)24(6)12-10-16(2)14-19(24)15-26-18(4)25;1-15-8-10-23(5,18(12-15)14-26-17(3)25)21-9-11-22(4)16(2)6-7-20(22)19(21)13-24;1-14-5-6-18-17(12-22-4)19(8-10-20(14,18)2)21(3)9-7-16(24)11-15(21)13-23/h16,19-22,25H,2,7-15H2,1,3-6H3;2*16,19-22H,3,7-15H2,1-2,4-6H3;15,18-21H,2,6-14,24H2,1,3-5H3;15-19,22-24H,1,5-13H2,2-4H3/t3*16-,19+,20-,21?,22?,23+,24-;15-,18+,19-,20?,21?,22+,23-;15-,16+,17+,18?,19?,20-,21+/m00001/s1. The molecule has 10 unspecified atom stereocenters. The van der Waals surface area contributed by atoms with Gasteiger partial charge in [0.25, 0.3) is 0 Å². The van der Waals surface area contributed by atoms with Crippen LogP contribution in [0.3, 0.4) is 0 Å². The van der Waals surface area contributed by atoms with Gasteiger partial charge in [-0.2, -0.15) is 0 Å². The highest BCUT2D eigenvalue weighted by Crippen LogP contribution is 2.71. The second-order valence-electron chi connectivity index (χ2n) is 50.4. The molecule has 15 aliphatic rings. The summed E-state index contributed by atoms with van der Waals surface area (Å²) in [6, 6.07) is 0. The minimum atomic E-state index is -0.224. The second-order valence-corrected chi connectivity index (χ2v) is 50.4.